The Morgan fingerprint density at radius 3 is 2.48 bits per heavy atom. The molecule has 1 aliphatic heterocycles. The summed E-state index contributed by atoms with van der Waals surface area (Å²) < 4.78 is 26.9. The van der Waals surface area contributed by atoms with Gasteiger partial charge in [-0.25, -0.2) is 14.0 Å². The van der Waals surface area contributed by atoms with Crippen LogP contribution in [0.1, 0.15) is 32.3 Å². The van der Waals surface area contributed by atoms with Crippen LogP contribution >= 0.6 is 11.3 Å². The minimum Gasteiger partial charge on any atom is -0.454 e. The molecule has 1 saturated heterocycles. The zero-order valence-electron chi connectivity index (χ0n) is 28.9. The van der Waals surface area contributed by atoms with Crippen LogP contribution in [0.3, 0.4) is 0 Å². The quantitative estimate of drug-likeness (QED) is 0.148. The number of piperazine rings is 1. The van der Waals surface area contributed by atoms with Gasteiger partial charge in [-0.15, -0.1) is 11.3 Å². The van der Waals surface area contributed by atoms with E-state index in [1.54, 1.807) is 37.1 Å². The summed E-state index contributed by atoms with van der Waals surface area (Å²) in [6.45, 7) is 5.81. The van der Waals surface area contributed by atoms with Crippen LogP contribution in [0.2, 0.25) is 0 Å². The molecule has 1 aliphatic carbocycles. The van der Waals surface area contributed by atoms with Gasteiger partial charge in [-0.2, -0.15) is 0 Å². The average molecular weight is 733 g/mol. The number of benzene rings is 1. The second-order valence-corrected chi connectivity index (χ2v) is 14.1. The molecule has 274 valence electrons. The molecule has 1 unspecified atom stereocenters. The Labute approximate surface area is 303 Å². The number of carbonyl (C=O) groups is 4. The molecule has 2 aliphatic rings. The van der Waals surface area contributed by atoms with Crippen LogP contribution < -0.4 is 26.4 Å². The third-order valence-electron chi connectivity index (χ3n) is 8.67. The lowest BCUT2D eigenvalue weighted by molar-refractivity contribution is -0.156. The Bertz CT molecular complexity index is 1930. The van der Waals surface area contributed by atoms with Crippen LogP contribution in [0.5, 0.6) is 11.5 Å². The van der Waals surface area contributed by atoms with E-state index in [1.165, 1.54) is 23.5 Å². The number of anilines is 1. The summed E-state index contributed by atoms with van der Waals surface area (Å²) in [7, 11) is 0. The molecular weight excluding hydrogens is 692 g/mol. The number of carbonyl (C=O) groups excluding carboxylic acids is 4. The van der Waals surface area contributed by atoms with Crippen molar-refractivity contribution in [1.29, 1.82) is 0 Å². The van der Waals surface area contributed by atoms with Crippen molar-refractivity contribution in [2.24, 2.45) is 11.7 Å². The summed E-state index contributed by atoms with van der Waals surface area (Å²) >= 11 is 1.44. The number of amides is 4. The molecule has 4 heterocycles. The van der Waals surface area contributed by atoms with Crippen LogP contribution in [0, 0.1) is 11.7 Å². The fraction of sp³-hybridized carbons (Fsp3) is 0.389. The summed E-state index contributed by atoms with van der Waals surface area (Å²) in [5.74, 6) is -1.77. The number of esters is 1. The number of hydrogen-bond donors (Lipinski definition) is 4. The van der Waals surface area contributed by atoms with Gasteiger partial charge in [-0.3, -0.25) is 24.5 Å². The number of halogens is 1. The van der Waals surface area contributed by atoms with E-state index in [-0.39, 0.29) is 36.2 Å². The maximum Gasteiger partial charge on any atom is 0.329 e. The van der Waals surface area contributed by atoms with Crippen LogP contribution in [-0.2, 0) is 25.7 Å². The van der Waals surface area contributed by atoms with Crippen molar-refractivity contribution in [2.45, 2.75) is 45.3 Å². The molecule has 6 rings (SSSR count). The minimum atomic E-state index is -0.875. The second kappa shape index (κ2) is 16.4. The maximum absolute atomic E-state index is 15.0. The van der Waals surface area contributed by atoms with Gasteiger partial charge < -0.3 is 36.1 Å². The van der Waals surface area contributed by atoms with Crippen molar-refractivity contribution in [3.05, 3.63) is 66.2 Å². The third kappa shape index (κ3) is 9.37. The number of nitrogens with zero attached hydrogens (tertiary/aromatic N) is 4. The lowest BCUT2D eigenvalue weighted by atomic mass is 10.0. The largest absolute Gasteiger partial charge is 0.454 e. The molecule has 16 heteroatoms. The van der Waals surface area contributed by atoms with Gasteiger partial charge in [0.25, 0.3) is 5.91 Å². The highest BCUT2D eigenvalue weighted by Crippen LogP contribution is 2.39. The number of rotatable bonds is 13. The molecule has 0 spiro atoms. The van der Waals surface area contributed by atoms with E-state index in [9.17, 15) is 23.6 Å². The van der Waals surface area contributed by atoms with Crippen LogP contribution in [0.4, 0.5) is 14.9 Å². The fourth-order valence-corrected chi connectivity index (χ4v) is 6.65. The van der Waals surface area contributed by atoms with E-state index < -0.39 is 30.3 Å². The Morgan fingerprint density at radius 2 is 1.81 bits per heavy atom. The number of ether oxygens (including phenoxy) is 2. The van der Waals surface area contributed by atoms with E-state index >= 15 is 0 Å². The van der Waals surface area contributed by atoms with Gasteiger partial charge in [0.2, 0.25) is 5.91 Å². The SMILES string of the molecule is CC(C)C(NC(=O)CN)C(=O)OCC(=O)N1CCN(Cc2ccc(-c3cc4nccc(Oc5ccc(NC(=O)NC6CC6)cc5F)c4s3)nc2)CC1. The number of hydrogen-bond acceptors (Lipinski definition) is 11. The lowest BCUT2D eigenvalue weighted by Crippen LogP contribution is -2.50. The predicted molar refractivity (Wildman–Crippen MR) is 193 cm³/mol. The molecule has 0 bridgehead atoms. The molecule has 1 atom stereocenters. The number of urea groups is 1. The Kier molecular flexibility index (Phi) is 11.6. The van der Waals surface area contributed by atoms with Gasteiger partial charge in [0, 0.05) is 69.0 Å². The van der Waals surface area contributed by atoms with Gasteiger partial charge in [-0.1, -0.05) is 19.9 Å². The van der Waals surface area contributed by atoms with Crippen molar-refractivity contribution in [3.63, 3.8) is 0 Å². The highest BCUT2D eigenvalue weighted by atomic mass is 32.1. The first-order valence-electron chi connectivity index (χ1n) is 17.1. The molecule has 5 N–H and O–H groups in total. The topological polar surface area (TPSA) is 181 Å². The van der Waals surface area contributed by atoms with Gasteiger partial charge in [0.15, 0.2) is 18.2 Å². The fourth-order valence-electron chi connectivity index (χ4n) is 5.60. The van der Waals surface area contributed by atoms with E-state index in [0.717, 1.165) is 33.7 Å². The second-order valence-electron chi connectivity index (χ2n) is 13.1. The molecule has 1 saturated carbocycles. The summed E-state index contributed by atoms with van der Waals surface area (Å²) in [6.07, 6.45) is 5.34. The van der Waals surface area contributed by atoms with Gasteiger partial charge in [-0.05, 0) is 48.6 Å². The molecule has 2 fully saturated rings. The van der Waals surface area contributed by atoms with Crippen molar-refractivity contribution in [2.75, 3.05) is 44.6 Å². The number of aromatic nitrogens is 2. The van der Waals surface area contributed by atoms with Crippen LogP contribution in [0.25, 0.3) is 20.8 Å². The van der Waals surface area contributed by atoms with E-state index in [2.05, 4.69) is 25.8 Å². The number of pyridine rings is 2. The third-order valence-corrected chi connectivity index (χ3v) is 9.83. The van der Waals surface area contributed by atoms with Crippen molar-refractivity contribution >= 4 is 51.1 Å². The summed E-state index contributed by atoms with van der Waals surface area (Å²) in [5.41, 5.74) is 8.13. The first kappa shape index (κ1) is 36.6. The maximum atomic E-state index is 15.0. The molecule has 4 amide bonds. The van der Waals surface area contributed by atoms with Gasteiger partial charge in [0.1, 0.15) is 11.8 Å². The summed E-state index contributed by atoms with van der Waals surface area (Å²) in [6, 6.07) is 10.8. The standard InChI is InChI=1S/C36H41FN8O6S/c1-21(2)33(43-31(46)17-38)35(48)50-20-32(47)45-13-11-44(12-14-45)19-22-3-7-26(40-18-22)30-16-27-34(52-30)29(9-10-39-27)51-28-8-6-24(15-25(28)37)42-36(49)41-23-4-5-23/h3,6-10,15-16,18,21,23,33H,4-5,11-14,17,19-20,38H2,1-2H3,(H,43,46)(H2,41,42,49). The lowest BCUT2D eigenvalue weighted by Gasteiger charge is -2.34. The molecule has 14 nitrogen and oxygen atoms in total. The number of nitrogens with two attached hydrogens (primary N) is 1. The first-order chi connectivity index (χ1) is 25.1. The van der Waals surface area contributed by atoms with Gasteiger partial charge in [0.05, 0.1) is 27.3 Å². The van der Waals surface area contributed by atoms with Crippen molar-refractivity contribution in [1.82, 2.24) is 30.4 Å². The molecule has 4 aromatic rings. The first-order valence-corrected chi connectivity index (χ1v) is 17.9. The van der Waals surface area contributed by atoms with Crippen molar-refractivity contribution in [3.8, 4) is 22.1 Å². The Hall–Kier alpha value is -5.19. The molecule has 1 aromatic carbocycles. The molecule has 0 radical (unpaired) electrons. The van der Waals surface area contributed by atoms with Crippen LogP contribution in [0.15, 0.2) is 54.9 Å². The minimum absolute atomic E-state index is 0.0248. The average Bonchev–Trinajstić information content (AvgIpc) is 3.84. The monoisotopic (exact) mass is 732 g/mol. The summed E-state index contributed by atoms with van der Waals surface area (Å²) in [5, 5.41) is 7.98. The number of fused-ring (bicyclic) bond motifs is 1. The summed E-state index contributed by atoms with van der Waals surface area (Å²) in [4.78, 5) is 62.8. The Balaban J connectivity index is 1.00. The number of nitrogens with one attached hydrogen (secondary N) is 3. The van der Waals surface area contributed by atoms with Crippen molar-refractivity contribution < 1.29 is 33.0 Å². The molecule has 3 aromatic heterocycles. The zero-order chi connectivity index (χ0) is 36.8. The highest BCUT2D eigenvalue weighted by Gasteiger charge is 2.28. The predicted octanol–water partition coefficient (Wildman–Crippen LogP) is 3.86. The number of thiophene rings is 1. The molecular formula is C36H41FN8O6S. The highest BCUT2D eigenvalue weighted by molar-refractivity contribution is 7.22. The van der Waals surface area contributed by atoms with E-state index in [1.807, 2.05) is 24.4 Å². The Morgan fingerprint density at radius 1 is 1.02 bits per heavy atom. The van der Waals surface area contributed by atoms with E-state index in [4.69, 9.17) is 20.2 Å². The van der Waals surface area contributed by atoms with Crippen LogP contribution in [-0.4, -0.2) is 95.0 Å². The molecule has 52 heavy (non-hydrogen) atoms. The zero-order valence-corrected chi connectivity index (χ0v) is 29.7. The smallest absolute Gasteiger partial charge is 0.329 e. The normalized spacial score (nSPS) is 15.3. The van der Waals surface area contributed by atoms with Gasteiger partial charge >= 0.3 is 12.0 Å². The van der Waals surface area contributed by atoms with E-state index in [0.29, 0.717) is 49.7 Å².